The second-order valence-electron chi connectivity index (χ2n) is 6.32. The van der Waals surface area contributed by atoms with Crippen molar-refractivity contribution in [2.75, 3.05) is 13.7 Å². The summed E-state index contributed by atoms with van der Waals surface area (Å²) < 4.78 is 6.11. The molecule has 0 spiro atoms. The lowest BCUT2D eigenvalue weighted by Crippen LogP contribution is -2.19. The topological polar surface area (TPSA) is 21.3 Å². The molecule has 3 rings (SSSR count). The predicted molar refractivity (Wildman–Crippen MR) is 102 cm³/mol. The third-order valence-electron chi connectivity index (χ3n) is 4.59. The van der Waals surface area contributed by atoms with Gasteiger partial charge in [-0.25, -0.2) is 0 Å². The number of hydrogen-bond donors (Lipinski definition) is 1. The van der Waals surface area contributed by atoms with Gasteiger partial charge in [-0.3, -0.25) is 0 Å². The maximum atomic E-state index is 6.11. The lowest BCUT2D eigenvalue weighted by Gasteiger charge is -2.18. The molecule has 1 N–H and O–H groups in total. The summed E-state index contributed by atoms with van der Waals surface area (Å²) in [6.45, 7) is 4.94. The van der Waals surface area contributed by atoms with E-state index in [1.807, 2.05) is 7.05 Å². The van der Waals surface area contributed by atoms with Crippen LogP contribution in [0.5, 0.6) is 5.75 Å². The van der Waals surface area contributed by atoms with Crippen LogP contribution in [0.25, 0.3) is 10.8 Å². The van der Waals surface area contributed by atoms with Crippen LogP contribution >= 0.6 is 0 Å². The van der Waals surface area contributed by atoms with Crippen LogP contribution in [0.4, 0.5) is 0 Å². The molecule has 0 radical (unpaired) electrons. The largest absolute Gasteiger partial charge is 0.493 e. The molecule has 0 amide bonds. The van der Waals surface area contributed by atoms with Crippen LogP contribution in [0.3, 0.4) is 0 Å². The highest BCUT2D eigenvalue weighted by molar-refractivity contribution is 5.90. The third kappa shape index (κ3) is 3.60. The molecule has 2 nitrogen and oxygen atoms in total. The molecule has 3 aromatic rings. The highest BCUT2D eigenvalue weighted by atomic mass is 16.5. The van der Waals surface area contributed by atoms with Crippen LogP contribution in [-0.4, -0.2) is 13.7 Å². The van der Waals surface area contributed by atoms with E-state index >= 15 is 0 Å². The Balaban J connectivity index is 1.70. The van der Waals surface area contributed by atoms with Crippen molar-refractivity contribution < 1.29 is 4.74 Å². The van der Waals surface area contributed by atoms with Gasteiger partial charge in [-0.2, -0.15) is 0 Å². The molecular formula is C22H25NO. The van der Waals surface area contributed by atoms with Crippen LogP contribution in [-0.2, 0) is 0 Å². The summed E-state index contributed by atoms with van der Waals surface area (Å²) >= 11 is 0. The molecule has 3 aromatic carbocycles. The molecule has 1 atom stereocenters. The number of fused-ring (bicyclic) bond motifs is 1. The minimum Gasteiger partial charge on any atom is -0.493 e. The minimum absolute atomic E-state index is 0.308. The van der Waals surface area contributed by atoms with E-state index in [9.17, 15) is 0 Å². The average molecular weight is 319 g/mol. The number of ether oxygens (including phenoxy) is 1. The van der Waals surface area contributed by atoms with E-state index in [1.54, 1.807) is 0 Å². The third-order valence-corrected chi connectivity index (χ3v) is 4.59. The van der Waals surface area contributed by atoms with Crippen molar-refractivity contribution in [2.24, 2.45) is 0 Å². The molecule has 24 heavy (non-hydrogen) atoms. The van der Waals surface area contributed by atoms with E-state index in [2.05, 4.69) is 79.8 Å². The SMILES string of the molecule is CNC(CCOc1ccc(C)c2ccccc12)c1ccc(C)cc1. The first-order chi connectivity index (χ1) is 11.7. The molecule has 1 unspecified atom stereocenters. The molecule has 0 heterocycles. The summed E-state index contributed by atoms with van der Waals surface area (Å²) in [5, 5.41) is 5.84. The first-order valence-corrected chi connectivity index (χ1v) is 8.54. The second kappa shape index (κ2) is 7.50. The highest BCUT2D eigenvalue weighted by Gasteiger charge is 2.10. The van der Waals surface area contributed by atoms with Gasteiger partial charge in [0.2, 0.25) is 0 Å². The number of benzene rings is 3. The van der Waals surface area contributed by atoms with Crippen molar-refractivity contribution >= 4 is 10.8 Å². The van der Waals surface area contributed by atoms with Crippen molar-refractivity contribution in [1.29, 1.82) is 0 Å². The van der Waals surface area contributed by atoms with E-state index in [0.717, 1.165) is 12.2 Å². The molecule has 124 valence electrons. The Morgan fingerprint density at radius 1 is 0.875 bits per heavy atom. The fourth-order valence-corrected chi connectivity index (χ4v) is 3.11. The van der Waals surface area contributed by atoms with E-state index in [-0.39, 0.29) is 0 Å². The van der Waals surface area contributed by atoms with Crippen molar-refractivity contribution in [3.05, 3.63) is 77.4 Å². The lowest BCUT2D eigenvalue weighted by atomic mass is 10.0. The zero-order valence-corrected chi connectivity index (χ0v) is 14.7. The van der Waals surface area contributed by atoms with Crippen LogP contribution < -0.4 is 10.1 Å². The molecule has 2 heteroatoms. The summed E-state index contributed by atoms with van der Waals surface area (Å²) in [5.74, 6) is 0.968. The Bertz CT molecular complexity index is 808. The van der Waals surface area contributed by atoms with Crippen LogP contribution in [0.2, 0.25) is 0 Å². The van der Waals surface area contributed by atoms with Crippen molar-refractivity contribution in [3.8, 4) is 5.75 Å². The molecule has 0 saturated carbocycles. The van der Waals surface area contributed by atoms with Gasteiger partial charge in [-0.05, 0) is 43.5 Å². The van der Waals surface area contributed by atoms with Crippen molar-refractivity contribution in [2.45, 2.75) is 26.3 Å². The average Bonchev–Trinajstić information content (AvgIpc) is 2.62. The molecule has 0 bridgehead atoms. The van der Waals surface area contributed by atoms with Crippen LogP contribution in [0.1, 0.15) is 29.2 Å². The fourth-order valence-electron chi connectivity index (χ4n) is 3.11. The van der Waals surface area contributed by atoms with Gasteiger partial charge in [-0.1, -0.05) is 60.2 Å². The van der Waals surface area contributed by atoms with Gasteiger partial charge in [0.15, 0.2) is 0 Å². The maximum absolute atomic E-state index is 6.11. The maximum Gasteiger partial charge on any atom is 0.127 e. The summed E-state index contributed by atoms with van der Waals surface area (Å²) in [6.07, 6.45) is 0.932. The van der Waals surface area contributed by atoms with Crippen molar-refractivity contribution in [3.63, 3.8) is 0 Å². The first kappa shape index (κ1) is 16.5. The fraction of sp³-hybridized carbons (Fsp3) is 0.273. The van der Waals surface area contributed by atoms with Gasteiger partial charge < -0.3 is 10.1 Å². The van der Waals surface area contributed by atoms with Gasteiger partial charge in [-0.15, -0.1) is 0 Å². The van der Waals surface area contributed by atoms with E-state index in [0.29, 0.717) is 12.6 Å². The second-order valence-corrected chi connectivity index (χ2v) is 6.32. The Morgan fingerprint density at radius 2 is 1.58 bits per heavy atom. The summed E-state index contributed by atoms with van der Waals surface area (Å²) in [7, 11) is 2.01. The number of hydrogen-bond acceptors (Lipinski definition) is 2. The molecular weight excluding hydrogens is 294 g/mol. The smallest absolute Gasteiger partial charge is 0.127 e. The highest BCUT2D eigenvalue weighted by Crippen LogP contribution is 2.28. The standard InChI is InChI=1S/C22H25NO/c1-16-8-11-18(12-9-16)21(23-3)14-15-24-22-13-10-17(2)19-6-4-5-7-20(19)22/h4-13,21,23H,14-15H2,1-3H3. The summed E-state index contributed by atoms with van der Waals surface area (Å²) in [5.41, 5.74) is 3.88. The van der Waals surface area contributed by atoms with Gasteiger partial charge in [0.05, 0.1) is 6.61 Å². The van der Waals surface area contributed by atoms with E-state index < -0.39 is 0 Å². The van der Waals surface area contributed by atoms with Crippen molar-refractivity contribution in [1.82, 2.24) is 5.32 Å². The lowest BCUT2D eigenvalue weighted by molar-refractivity contribution is 0.293. The minimum atomic E-state index is 0.308. The van der Waals surface area contributed by atoms with E-state index in [4.69, 9.17) is 4.74 Å². The first-order valence-electron chi connectivity index (χ1n) is 8.54. The Labute approximate surface area is 144 Å². The number of nitrogens with one attached hydrogen (secondary N) is 1. The van der Waals surface area contributed by atoms with E-state index in [1.165, 1.54) is 27.5 Å². The summed E-state index contributed by atoms with van der Waals surface area (Å²) in [6, 6.07) is 21.7. The van der Waals surface area contributed by atoms with Crippen LogP contribution in [0, 0.1) is 13.8 Å². The van der Waals surface area contributed by atoms with Gasteiger partial charge in [0.1, 0.15) is 5.75 Å². The number of rotatable bonds is 6. The zero-order valence-electron chi connectivity index (χ0n) is 14.7. The van der Waals surface area contributed by atoms with Gasteiger partial charge in [0.25, 0.3) is 0 Å². The summed E-state index contributed by atoms with van der Waals surface area (Å²) in [4.78, 5) is 0. The quantitative estimate of drug-likeness (QED) is 0.675. The molecule has 0 aromatic heterocycles. The Kier molecular flexibility index (Phi) is 5.17. The van der Waals surface area contributed by atoms with Gasteiger partial charge in [0, 0.05) is 17.8 Å². The normalized spacial score (nSPS) is 12.3. The molecule has 0 aliphatic rings. The Morgan fingerprint density at radius 3 is 2.29 bits per heavy atom. The van der Waals surface area contributed by atoms with Crippen LogP contribution in [0.15, 0.2) is 60.7 Å². The zero-order chi connectivity index (χ0) is 16.9. The monoisotopic (exact) mass is 319 g/mol. The predicted octanol–water partition coefficient (Wildman–Crippen LogP) is 5.19. The molecule has 0 aliphatic carbocycles. The van der Waals surface area contributed by atoms with Gasteiger partial charge >= 0.3 is 0 Å². The number of aryl methyl sites for hydroxylation is 2. The molecule has 0 saturated heterocycles. The molecule has 0 aliphatic heterocycles. The molecule has 0 fully saturated rings. The Hall–Kier alpha value is -2.32.